The fourth-order valence-corrected chi connectivity index (χ4v) is 2.10. The molecule has 4 heteroatoms. The van der Waals surface area contributed by atoms with Gasteiger partial charge in [-0.2, -0.15) is 0 Å². The molecule has 1 aromatic carbocycles. The summed E-state index contributed by atoms with van der Waals surface area (Å²) in [6.07, 6.45) is 2.23. The predicted molar refractivity (Wildman–Crippen MR) is 74.2 cm³/mol. The Morgan fingerprint density at radius 3 is 2.53 bits per heavy atom. The van der Waals surface area contributed by atoms with Crippen molar-refractivity contribution in [1.29, 1.82) is 0 Å². The largest absolute Gasteiger partial charge is 0.491 e. The fraction of sp³-hybridized carbons (Fsp3) is 0.600. The van der Waals surface area contributed by atoms with Crippen LogP contribution in [-0.2, 0) is 16.0 Å². The normalized spacial score (nSPS) is 16.5. The summed E-state index contributed by atoms with van der Waals surface area (Å²) < 4.78 is 16.6. The fourth-order valence-electron chi connectivity index (χ4n) is 2.10. The number of rotatable bonds is 7. The third kappa shape index (κ3) is 5.19. The van der Waals surface area contributed by atoms with E-state index in [-0.39, 0.29) is 0 Å². The second-order valence-corrected chi connectivity index (χ2v) is 4.83. The maximum atomic E-state index is 5.64. The summed E-state index contributed by atoms with van der Waals surface area (Å²) in [6, 6.07) is 7.86. The van der Waals surface area contributed by atoms with Gasteiger partial charge in [-0.05, 0) is 36.5 Å². The summed E-state index contributed by atoms with van der Waals surface area (Å²) in [4.78, 5) is 0. The van der Waals surface area contributed by atoms with Gasteiger partial charge in [0, 0.05) is 26.4 Å². The summed E-state index contributed by atoms with van der Waals surface area (Å²) in [5.74, 6) is 1.52. The number of hydrogen-bond acceptors (Lipinski definition) is 4. The Labute approximate surface area is 114 Å². The van der Waals surface area contributed by atoms with Crippen LogP contribution in [0.3, 0.4) is 0 Å². The zero-order valence-corrected chi connectivity index (χ0v) is 11.3. The third-order valence-electron chi connectivity index (χ3n) is 3.35. The highest BCUT2D eigenvalue weighted by Crippen LogP contribution is 2.15. The topological polar surface area (TPSA) is 53.7 Å². The van der Waals surface area contributed by atoms with Crippen LogP contribution in [0.2, 0.25) is 0 Å². The lowest BCUT2D eigenvalue weighted by molar-refractivity contribution is 0.0139. The van der Waals surface area contributed by atoms with Gasteiger partial charge in [0.1, 0.15) is 12.4 Å². The molecule has 1 aromatic rings. The van der Waals surface area contributed by atoms with Gasteiger partial charge in [-0.25, -0.2) is 0 Å². The van der Waals surface area contributed by atoms with Crippen molar-refractivity contribution in [2.75, 3.05) is 33.0 Å². The third-order valence-corrected chi connectivity index (χ3v) is 3.35. The van der Waals surface area contributed by atoms with Gasteiger partial charge in [-0.3, -0.25) is 0 Å². The standard InChI is InChI=1S/C15H23NO3/c16-11-13-1-3-15(4-2-13)19-10-9-18-12-14-5-7-17-8-6-14/h1-4,14H,5-12,16H2. The first kappa shape index (κ1) is 14.3. The Kier molecular flexibility index (Phi) is 6.14. The van der Waals surface area contributed by atoms with Crippen LogP contribution < -0.4 is 10.5 Å². The molecule has 0 radical (unpaired) electrons. The molecular weight excluding hydrogens is 242 g/mol. The molecule has 4 nitrogen and oxygen atoms in total. The first-order chi connectivity index (χ1) is 9.38. The molecular formula is C15H23NO3. The smallest absolute Gasteiger partial charge is 0.119 e. The van der Waals surface area contributed by atoms with Gasteiger partial charge < -0.3 is 19.9 Å². The van der Waals surface area contributed by atoms with Gasteiger partial charge in [0.05, 0.1) is 6.61 Å². The lowest BCUT2D eigenvalue weighted by Gasteiger charge is -2.21. The van der Waals surface area contributed by atoms with E-state index in [1.54, 1.807) is 0 Å². The van der Waals surface area contributed by atoms with E-state index in [0.29, 0.717) is 25.7 Å². The van der Waals surface area contributed by atoms with Gasteiger partial charge in [-0.1, -0.05) is 12.1 Å². The molecule has 1 aliphatic heterocycles. The molecule has 1 heterocycles. The number of nitrogens with two attached hydrogens (primary N) is 1. The number of benzene rings is 1. The highest BCUT2D eigenvalue weighted by Gasteiger charge is 2.13. The van der Waals surface area contributed by atoms with Crippen LogP contribution in [0.15, 0.2) is 24.3 Å². The SMILES string of the molecule is NCc1ccc(OCCOCC2CCOCC2)cc1. The molecule has 0 bridgehead atoms. The van der Waals surface area contributed by atoms with E-state index in [1.807, 2.05) is 24.3 Å². The van der Waals surface area contributed by atoms with E-state index in [0.717, 1.165) is 44.0 Å². The Morgan fingerprint density at radius 2 is 1.84 bits per heavy atom. The van der Waals surface area contributed by atoms with Gasteiger partial charge in [0.2, 0.25) is 0 Å². The van der Waals surface area contributed by atoms with Crippen molar-refractivity contribution < 1.29 is 14.2 Å². The summed E-state index contributed by atoms with van der Waals surface area (Å²) >= 11 is 0. The van der Waals surface area contributed by atoms with E-state index >= 15 is 0 Å². The van der Waals surface area contributed by atoms with Crippen LogP contribution in [0.5, 0.6) is 5.75 Å². The molecule has 0 amide bonds. The highest BCUT2D eigenvalue weighted by atomic mass is 16.5. The maximum absolute atomic E-state index is 5.64. The van der Waals surface area contributed by atoms with Crippen molar-refractivity contribution in [3.63, 3.8) is 0 Å². The Balaban J connectivity index is 1.55. The van der Waals surface area contributed by atoms with Gasteiger partial charge in [0.15, 0.2) is 0 Å². The van der Waals surface area contributed by atoms with Crippen LogP contribution in [-0.4, -0.2) is 33.0 Å². The molecule has 1 fully saturated rings. The van der Waals surface area contributed by atoms with Crippen molar-refractivity contribution in [2.45, 2.75) is 19.4 Å². The number of hydrogen-bond donors (Lipinski definition) is 1. The minimum atomic E-state index is 0.564. The van der Waals surface area contributed by atoms with Gasteiger partial charge >= 0.3 is 0 Å². The highest BCUT2D eigenvalue weighted by molar-refractivity contribution is 5.26. The minimum Gasteiger partial charge on any atom is -0.491 e. The van der Waals surface area contributed by atoms with E-state index < -0.39 is 0 Å². The summed E-state index contributed by atoms with van der Waals surface area (Å²) in [5.41, 5.74) is 6.65. The molecule has 0 unspecified atom stereocenters. The molecule has 0 spiro atoms. The summed E-state index contributed by atoms with van der Waals surface area (Å²) in [5, 5.41) is 0. The first-order valence-electron chi connectivity index (χ1n) is 6.96. The average Bonchev–Trinajstić information content (AvgIpc) is 2.49. The predicted octanol–water partition coefficient (Wildman–Crippen LogP) is 1.97. The molecule has 19 heavy (non-hydrogen) atoms. The Hall–Kier alpha value is -1.10. The molecule has 106 valence electrons. The van der Waals surface area contributed by atoms with Crippen molar-refractivity contribution >= 4 is 0 Å². The minimum absolute atomic E-state index is 0.564. The Bertz CT molecular complexity index is 347. The van der Waals surface area contributed by atoms with Crippen LogP contribution in [0.25, 0.3) is 0 Å². The maximum Gasteiger partial charge on any atom is 0.119 e. The van der Waals surface area contributed by atoms with Crippen LogP contribution >= 0.6 is 0 Å². The Morgan fingerprint density at radius 1 is 1.11 bits per heavy atom. The lowest BCUT2D eigenvalue weighted by atomic mass is 10.0. The number of ether oxygens (including phenoxy) is 3. The zero-order valence-electron chi connectivity index (χ0n) is 11.3. The summed E-state index contributed by atoms with van der Waals surface area (Å²) in [6.45, 7) is 4.35. The molecule has 2 N–H and O–H groups in total. The van der Waals surface area contributed by atoms with E-state index in [4.69, 9.17) is 19.9 Å². The molecule has 0 aliphatic carbocycles. The zero-order chi connectivity index (χ0) is 13.3. The molecule has 2 rings (SSSR count). The molecule has 1 aliphatic rings. The quantitative estimate of drug-likeness (QED) is 0.766. The van der Waals surface area contributed by atoms with Crippen LogP contribution in [0, 0.1) is 5.92 Å². The summed E-state index contributed by atoms with van der Waals surface area (Å²) in [7, 11) is 0. The van der Waals surface area contributed by atoms with Crippen molar-refractivity contribution in [3.8, 4) is 5.75 Å². The monoisotopic (exact) mass is 265 g/mol. The molecule has 0 saturated carbocycles. The van der Waals surface area contributed by atoms with Crippen molar-refractivity contribution in [2.24, 2.45) is 11.7 Å². The van der Waals surface area contributed by atoms with E-state index in [1.165, 1.54) is 0 Å². The molecule has 0 aromatic heterocycles. The van der Waals surface area contributed by atoms with Gasteiger partial charge in [0.25, 0.3) is 0 Å². The lowest BCUT2D eigenvalue weighted by Crippen LogP contribution is -2.21. The average molecular weight is 265 g/mol. The van der Waals surface area contributed by atoms with E-state index in [9.17, 15) is 0 Å². The second-order valence-electron chi connectivity index (χ2n) is 4.83. The van der Waals surface area contributed by atoms with Crippen LogP contribution in [0.4, 0.5) is 0 Å². The van der Waals surface area contributed by atoms with Crippen LogP contribution in [0.1, 0.15) is 18.4 Å². The van der Waals surface area contributed by atoms with Gasteiger partial charge in [-0.15, -0.1) is 0 Å². The van der Waals surface area contributed by atoms with Crippen molar-refractivity contribution in [1.82, 2.24) is 0 Å². The van der Waals surface area contributed by atoms with E-state index in [2.05, 4.69) is 0 Å². The van der Waals surface area contributed by atoms with Crippen molar-refractivity contribution in [3.05, 3.63) is 29.8 Å². The molecule has 0 atom stereocenters. The second kappa shape index (κ2) is 8.15. The molecule has 1 saturated heterocycles. The first-order valence-corrected chi connectivity index (χ1v) is 6.96.